The summed E-state index contributed by atoms with van der Waals surface area (Å²) in [6.45, 7) is 5.47. The van der Waals surface area contributed by atoms with E-state index in [2.05, 4.69) is 6.58 Å². The Balaban J connectivity index is 2.48. The molecule has 0 spiro atoms. The predicted molar refractivity (Wildman–Crippen MR) is 68.3 cm³/mol. The summed E-state index contributed by atoms with van der Waals surface area (Å²) in [5.74, 6) is 0. The molecule has 1 aliphatic heterocycles. The molecule has 0 amide bonds. The summed E-state index contributed by atoms with van der Waals surface area (Å²) < 4.78 is 10.4. The van der Waals surface area contributed by atoms with Crippen LogP contribution in [0.3, 0.4) is 0 Å². The van der Waals surface area contributed by atoms with Crippen LogP contribution in [0.4, 0.5) is 0 Å². The van der Waals surface area contributed by atoms with Gasteiger partial charge in [0.05, 0.1) is 13.2 Å². The first-order chi connectivity index (χ1) is 9.01. The van der Waals surface area contributed by atoms with Crippen molar-refractivity contribution in [3.63, 3.8) is 0 Å². The van der Waals surface area contributed by atoms with E-state index in [9.17, 15) is 15.3 Å². The number of aliphatic hydroxyl groups excluding tert-OH is 4. The Morgan fingerprint density at radius 1 is 1.26 bits per heavy atom. The molecule has 6 nitrogen and oxygen atoms in total. The second kappa shape index (κ2) is 7.74. The van der Waals surface area contributed by atoms with Crippen molar-refractivity contribution in [3.05, 3.63) is 24.3 Å². The fraction of sp³-hybridized carbons (Fsp3) is 0.692. The van der Waals surface area contributed by atoms with Crippen molar-refractivity contribution in [1.82, 2.24) is 0 Å². The van der Waals surface area contributed by atoms with Crippen LogP contribution in [0.25, 0.3) is 0 Å². The van der Waals surface area contributed by atoms with Gasteiger partial charge in [0.25, 0.3) is 0 Å². The van der Waals surface area contributed by atoms with Crippen LogP contribution in [-0.4, -0.2) is 64.3 Å². The van der Waals surface area contributed by atoms with Crippen molar-refractivity contribution in [2.75, 3.05) is 13.2 Å². The first-order valence-corrected chi connectivity index (χ1v) is 6.27. The Kier molecular flexibility index (Phi) is 6.64. The third kappa shape index (κ3) is 4.38. The zero-order valence-corrected chi connectivity index (χ0v) is 11.0. The van der Waals surface area contributed by atoms with Crippen molar-refractivity contribution in [1.29, 1.82) is 0 Å². The van der Waals surface area contributed by atoms with E-state index >= 15 is 0 Å². The van der Waals surface area contributed by atoms with Crippen LogP contribution in [0.15, 0.2) is 24.3 Å². The zero-order valence-electron chi connectivity index (χ0n) is 11.0. The van der Waals surface area contributed by atoms with E-state index in [0.717, 1.165) is 12.0 Å². The number of allylic oxidation sites excluding steroid dienone is 2. The van der Waals surface area contributed by atoms with Gasteiger partial charge in [0.1, 0.15) is 24.4 Å². The van der Waals surface area contributed by atoms with Gasteiger partial charge in [-0.25, -0.2) is 0 Å². The largest absolute Gasteiger partial charge is 0.394 e. The lowest BCUT2D eigenvalue weighted by atomic mass is 9.99. The predicted octanol–water partition coefficient (Wildman–Crippen LogP) is -0.675. The lowest BCUT2D eigenvalue weighted by Crippen LogP contribution is -2.59. The summed E-state index contributed by atoms with van der Waals surface area (Å²) in [5.41, 5.74) is 0.942. The zero-order chi connectivity index (χ0) is 14.4. The normalized spacial score (nSPS) is 35.7. The molecule has 5 unspecified atom stereocenters. The van der Waals surface area contributed by atoms with Crippen LogP contribution in [0, 0.1) is 0 Å². The molecular formula is C13H22O6. The Morgan fingerprint density at radius 3 is 2.53 bits per heavy atom. The summed E-state index contributed by atoms with van der Waals surface area (Å²) in [6.07, 6.45) is -1.83. The van der Waals surface area contributed by atoms with E-state index in [-0.39, 0.29) is 6.61 Å². The molecule has 0 saturated carbocycles. The maximum atomic E-state index is 9.69. The molecule has 0 aromatic carbocycles. The Bertz CT molecular complexity index is 314. The fourth-order valence-corrected chi connectivity index (χ4v) is 1.69. The highest BCUT2D eigenvalue weighted by molar-refractivity contribution is 5.13. The van der Waals surface area contributed by atoms with Gasteiger partial charge in [-0.1, -0.05) is 31.2 Å². The highest BCUT2D eigenvalue weighted by atomic mass is 16.7. The Labute approximate surface area is 112 Å². The van der Waals surface area contributed by atoms with Crippen LogP contribution in [0.5, 0.6) is 0 Å². The lowest BCUT2D eigenvalue weighted by Gasteiger charge is -2.39. The van der Waals surface area contributed by atoms with E-state index in [4.69, 9.17) is 14.6 Å². The second-order valence-corrected chi connectivity index (χ2v) is 4.44. The molecule has 1 rings (SSSR count). The molecule has 110 valence electrons. The van der Waals surface area contributed by atoms with Crippen LogP contribution in [-0.2, 0) is 9.47 Å². The molecule has 0 aromatic heterocycles. The van der Waals surface area contributed by atoms with Crippen LogP contribution in [0.1, 0.15) is 13.3 Å². The highest BCUT2D eigenvalue weighted by Crippen LogP contribution is 2.21. The molecule has 0 aliphatic carbocycles. The minimum Gasteiger partial charge on any atom is -0.394 e. The first kappa shape index (κ1) is 16.3. The summed E-state index contributed by atoms with van der Waals surface area (Å²) >= 11 is 0. The van der Waals surface area contributed by atoms with Gasteiger partial charge < -0.3 is 29.9 Å². The molecule has 1 saturated heterocycles. The number of ether oxygens (including phenoxy) is 2. The topological polar surface area (TPSA) is 99.4 Å². The van der Waals surface area contributed by atoms with E-state index in [1.807, 2.05) is 6.92 Å². The minimum absolute atomic E-state index is 0.168. The summed E-state index contributed by atoms with van der Waals surface area (Å²) in [4.78, 5) is 0. The third-order valence-electron chi connectivity index (χ3n) is 3.01. The standard InChI is InChI=1S/C13H22O6/c1-3-8(2)5-4-6-18-13-12(17)11(16)10(15)9(7-14)19-13/h4-5,9-17H,2-3,6-7H2,1H3/b5-4+. The Morgan fingerprint density at radius 2 is 1.95 bits per heavy atom. The SMILES string of the molecule is C=C(/C=C/COC1OC(CO)C(O)C(O)C1O)CC. The average Bonchev–Trinajstić information content (AvgIpc) is 2.42. The smallest absolute Gasteiger partial charge is 0.187 e. The molecule has 0 aromatic rings. The van der Waals surface area contributed by atoms with Gasteiger partial charge >= 0.3 is 0 Å². The number of aliphatic hydroxyl groups is 4. The van der Waals surface area contributed by atoms with Gasteiger partial charge in [0.15, 0.2) is 6.29 Å². The minimum atomic E-state index is -1.41. The lowest BCUT2D eigenvalue weighted by molar-refractivity contribution is -0.298. The molecule has 0 bridgehead atoms. The van der Waals surface area contributed by atoms with Crippen molar-refractivity contribution in [3.8, 4) is 0 Å². The summed E-state index contributed by atoms with van der Waals surface area (Å²) in [6, 6.07) is 0. The molecule has 19 heavy (non-hydrogen) atoms. The van der Waals surface area contributed by atoms with Crippen LogP contribution >= 0.6 is 0 Å². The number of rotatable bonds is 6. The fourth-order valence-electron chi connectivity index (χ4n) is 1.69. The Hall–Kier alpha value is -0.760. The van der Waals surface area contributed by atoms with Crippen molar-refractivity contribution in [2.45, 2.75) is 44.1 Å². The number of hydrogen-bond acceptors (Lipinski definition) is 6. The van der Waals surface area contributed by atoms with Crippen LogP contribution < -0.4 is 0 Å². The van der Waals surface area contributed by atoms with Crippen LogP contribution in [0.2, 0.25) is 0 Å². The molecule has 1 fully saturated rings. The summed E-state index contributed by atoms with van der Waals surface area (Å²) in [7, 11) is 0. The average molecular weight is 274 g/mol. The molecule has 5 atom stereocenters. The third-order valence-corrected chi connectivity index (χ3v) is 3.01. The second-order valence-electron chi connectivity index (χ2n) is 4.44. The van der Waals surface area contributed by atoms with Gasteiger partial charge in [0.2, 0.25) is 0 Å². The van der Waals surface area contributed by atoms with E-state index in [1.165, 1.54) is 0 Å². The quantitative estimate of drug-likeness (QED) is 0.479. The van der Waals surface area contributed by atoms with Gasteiger partial charge in [-0.2, -0.15) is 0 Å². The van der Waals surface area contributed by atoms with Crippen molar-refractivity contribution in [2.24, 2.45) is 0 Å². The maximum Gasteiger partial charge on any atom is 0.187 e. The molecule has 1 heterocycles. The molecular weight excluding hydrogens is 252 g/mol. The molecule has 4 N–H and O–H groups in total. The van der Waals surface area contributed by atoms with Crippen molar-refractivity contribution >= 4 is 0 Å². The van der Waals surface area contributed by atoms with Gasteiger partial charge in [-0.05, 0) is 6.42 Å². The van der Waals surface area contributed by atoms with E-state index in [0.29, 0.717) is 0 Å². The van der Waals surface area contributed by atoms with Gasteiger partial charge in [-0.15, -0.1) is 0 Å². The van der Waals surface area contributed by atoms with Gasteiger partial charge in [-0.3, -0.25) is 0 Å². The monoisotopic (exact) mass is 274 g/mol. The van der Waals surface area contributed by atoms with E-state index < -0.39 is 37.3 Å². The molecule has 0 radical (unpaired) electrons. The number of hydrogen-bond donors (Lipinski definition) is 4. The van der Waals surface area contributed by atoms with E-state index in [1.54, 1.807) is 12.2 Å². The molecule has 1 aliphatic rings. The maximum absolute atomic E-state index is 9.69. The first-order valence-electron chi connectivity index (χ1n) is 6.27. The highest BCUT2D eigenvalue weighted by Gasteiger charge is 2.43. The summed E-state index contributed by atoms with van der Waals surface area (Å²) in [5, 5.41) is 37.8. The van der Waals surface area contributed by atoms with Gasteiger partial charge in [0, 0.05) is 0 Å². The molecule has 6 heteroatoms. The van der Waals surface area contributed by atoms with Crippen molar-refractivity contribution < 1.29 is 29.9 Å².